The molecular weight excluding hydrogens is 287 g/mol. The van der Waals surface area contributed by atoms with Crippen LogP contribution in [0.1, 0.15) is 17.3 Å². The molecule has 1 aromatic carbocycles. The summed E-state index contributed by atoms with van der Waals surface area (Å²) in [5, 5.41) is 19.8. The minimum atomic E-state index is -1.43. The van der Waals surface area contributed by atoms with Gasteiger partial charge in [0, 0.05) is 24.1 Å². The number of aromatic carboxylic acids is 1. The molecular formula is C12H13FN2O4S. The molecule has 6 nitrogen and oxygen atoms in total. The maximum Gasteiger partial charge on any atom is 0.342 e. The molecule has 0 bridgehead atoms. The van der Waals surface area contributed by atoms with Gasteiger partial charge >= 0.3 is 5.97 Å². The second kappa shape index (κ2) is 5.66. The number of nitro benzene ring substituents is 1. The largest absolute Gasteiger partial charge is 0.477 e. The number of carboxylic acids is 1. The van der Waals surface area contributed by atoms with Gasteiger partial charge in [-0.3, -0.25) is 10.1 Å². The van der Waals surface area contributed by atoms with Crippen molar-refractivity contribution in [1.29, 1.82) is 0 Å². The van der Waals surface area contributed by atoms with Crippen LogP contribution in [0.3, 0.4) is 0 Å². The Morgan fingerprint density at radius 3 is 2.85 bits per heavy atom. The van der Waals surface area contributed by atoms with Crippen LogP contribution >= 0.6 is 11.8 Å². The second-order valence-corrected chi connectivity index (χ2v) is 5.65. The zero-order valence-corrected chi connectivity index (χ0v) is 11.5. The molecule has 0 amide bonds. The van der Waals surface area contributed by atoms with Gasteiger partial charge in [-0.25, -0.2) is 9.18 Å². The van der Waals surface area contributed by atoms with Crippen molar-refractivity contribution in [3.05, 3.63) is 33.6 Å². The van der Waals surface area contributed by atoms with E-state index in [1.807, 2.05) is 6.92 Å². The minimum absolute atomic E-state index is 0.0475. The molecule has 8 heteroatoms. The zero-order chi connectivity index (χ0) is 14.9. The Balaban J connectivity index is 2.51. The fourth-order valence-corrected chi connectivity index (χ4v) is 3.19. The molecule has 1 aliphatic rings. The van der Waals surface area contributed by atoms with Crippen molar-refractivity contribution in [3.8, 4) is 0 Å². The fourth-order valence-electron chi connectivity index (χ4n) is 2.18. The summed E-state index contributed by atoms with van der Waals surface area (Å²) in [4.78, 5) is 22.8. The summed E-state index contributed by atoms with van der Waals surface area (Å²) in [6.45, 7) is 2.49. The van der Waals surface area contributed by atoms with Crippen molar-refractivity contribution < 1.29 is 19.2 Å². The summed E-state index contributed by atoms with van der Waals surface area (Å²) in [5.74, 6) is -0.584. The standard InChI is InChI=1S/C12H13FN2O4S/c1-7-6-20-3-2-14(7)11-4-8(12(16)17)10(15(18)19)5-9(11)13/h4-5,7H,2-3,6H2,1H3,(H,16,17). The Hall–Kier alpha value is -1.83. The third-order valence-corrected chi connectivity index (χ3v) is 4.36. The summed E-state index contributed by atoms with van der Waals surface area (Å²) >= 11 is 1.74. The first-order chi connectivity index (χ1) is 9.41. The number of nitrogens with zero attached hydrogens (tertiary/aromatic N) is 2. The smallest absolute Gasteiger partial charge is 0.342 e. The van der Waals surface area contributed by atoms with Crippen LogP contribution < -0.4 is 4.90 Å². The molecule has 0 radical (unpaired) electrons. The van der Waals surface area contributed by atoms with Crippen LogP contribution in [0.2, 0.25) is 0 Å². The average molecular weight is 300 g/mol. The monoisotopic (exact) mass is 300 g/mol. The van der Waals surface area contributed by atoms with Crippen molar-refractivity contribution in [2.45, 2.75) is 13.0 Å². The molecule has 1 N–H and O–H groups in total. The molecule has 20 heavy (non-hydrogen) atoms. The first-order valence-electron chi connectivity index (χ1n) is 5.97. The molecule has 0 saturated carbocycles. The van der Waals surface area contributed by atoms with E-state index in [4.69, 9.17) is 5.11 Å². The SMILES string of the molecule is CC1CSCCN1c1cc(C(=O)O)c([N+](=O)[O-])cc1F. The molecule has 1 atom stereocenters. The minimum Gasteiger partial charge on any atom is -0.477 e. The number of rotatable bonds is 3. The molecule has 1 aliphatic heterocycles. The van der Waals surface area contributed by atoms with Crippen LogP contribution in [0.4, 0.5) is 15.8 Å². The summed E-state index contributed by atoms with van der Waals surface area (Å²) in [6, 6.07) is 1.79. The molecule has 1 fully saturated rings. The third-order valence-electron chi connectivity index (χ3n) is 3.17. The van der Waals surface area contributed by atoms with Crippen LogP contribution in [0.5, 0.6) is 0 Å². The lowest BCUT2D eigenvalue weighted by molar-refractivity contribution is -0.385. The Morgan fingerprint density at radius 1 is 1.60 bits per heavy atom. The number of benzene rings is 1. The molecule has 1 saturated heterocycles. The van der Waals surface area contributed by atoms with E-state index in [1.165, 1.54) is 0 Å². The number of carbonyl (C=O) groups is 1. The van der Waals surface area contributed by atoms with E-state index < -0.39 is 28.0 Å². The number of thioether (sulfide) groups is 1. The Kier molecular flexibility index (Phi) is 4.12. The maximum atomic E-state index is 14.1. The van der Waals surface area contributed by atoms with Crippen LogP contribution in [-0.2, 0) is 0 Å². The highest BCUT2D eigenvalue weighted by Crippen LogP contribution is 2.31. The molecule has 1 aromatic rings. The Labute approximate surface area is 118 Å². The highest BCUT2D eigenvalue weighted by atomic mass is 32.2. The molecule has 0 spiro atoms. The van der Waals surface area contributed by atoms with E-state index in [0.717, 1.165) is 17.6 Å². The summed E-state index contributed by atoms with van der Waals surface area (Å²) in [5.41, 5.74) is -1.10. The highest BCUT2D eigenvalue weighted by molar-refractivity contribution is 7.99. The third kappa shape index (κ3) is 2.69. The molecule has 0 aromatic heterocycles. The molecule has 0 aliphatic carbocycles. The van der Waals surface area contributed by atoms with E-state index in [2.05, 4.69) is 0 Å². The summed E-state index contributed by atoms with van der Waals surface area (Å²) < 4.78 is 14.1. The lowest BCUT2D eigenvalue weighted by Crippen LogP contribution is -2.41. The van der Waals surface area contributed by atoms with E-state index in [0.29, 0.717) is 12.6 Å². The van der Waals surface area contributed by atoms with Crippen molar-refractivity contribution in [3.63, 3.8) is 0 Å². The molecule has 1 heterocycles. The normalized spacial score (nSPS) is 18.9. The van der Waals surface area contributed by atoms with Crippen molar-refractivity contribution in [2.24, 2.45) is 0 Å². The van der Waals surface area contributed by atoms with Crippen molar-refractivity contribution in [1.82, 2.24) is 0 Å². The van der Waals surface area contributed by atoms with E-state index in [9.17, 15) is 19.3 Å². The fraction of sp³-hybridized carbons (Fsp3) is 0.417. The number of nitro groups is 1. The topological polar surface area (TPSA) is 83.7 Å². The Bertz CT molecular complexity index is 567. The van der Waals surface area contributed by atoms with Crippen LogP contribution in [0.15, 0.2) is 12.1 Å². The van der Waals surface area contributed by atoms with Gasteiger partial charge in [-0.15, -0.1) is 0 Å². The van der Waals surface area contributed by atoms with Gasteiger partial charge < -0.3 is 10.0 Å². The van der Waals surface area contributed by atoms with E-state index in [-0.39, 0.29) is 11.7 Å². The average Bonchev–Trinajstić information content (AvgIpc) is 2.39. The van der Waals surface area contributed by atoms with Gasteiger partial charge in [0.1, 0.15) is 5.56 Å². The first-order valence-corrected chi connectivity index (χ1v) is 7.13. The van der Waals surface area contributed by atoms with E-state index >= 15 is 0 Å². The number of hydrogen-bond donors (Lipinski definition) is 1. The summed E-state index contributed by atoms with van der Waals surface area (Å²) in [7, 11) is 0. The number of carboxylic acid groups (broad SMARTS) is 1. The molecule has 1 unspecified atom stereocenters. The van der Waals surface area contributed by atoms with Gasteiger partial charge in [-0.05, 0) is 13.0 Å². The lowest BCUT2D eigenvalue weighted by atomic mass is 10.1. The number of halogens is 1. The van der Waals surface area contributed by atoms with Gasteiger partial charge in [0.15, 0.2) is 5.82 Å². The predicted octanol–water partition coefficient (Wildman–Crippen LogP) is 2.37. The maximum absolute atomic E-state index is 14.1. The van der Waals surface area contributed by atoms with Gasteiger partial charge in [-0.2, -0.15) is 11.8 Å². The second-order valence-electron chi connectivity index (χ2n) is 4.50. The Morgan fingerprint density at radius 2 is 2.30 bits per heavy atom. The first kappa shape index (κ1) is 14.6. The quantitative estimate of drug-likeness (QED) is 0.681. The molecule has 2 rings (SSSR count). The lowest BCUT2D eigenvalue weighted by Gasteiger charge is -2.35. The predicted molar refractivity (Wildman–Crippen MR) is 74.1 cm³/mol. The number of anilines is 1. The number of hydrogen-bond acceptors (Lipinski definition) is 5. The van der Waals surface area contributed by atoms with E-state index in [1.54, 1.807) is 16.7 Å². The van der Waals surface area contributed by atoms with Crippen LogP contribution in [0.25, 0.3) is 0 Å². The molecule has 108 valence electrons. The van der Waals surface area contributed by atoms with Crippen molar-refractivity contribution in [2.75, 3.05) is 23.0 Å². The van der Waals surface area contributed by atoms with Crippen LogP contribution in [0, 0.1) is 15.9 Å². The van der Waals surface area contributed by atoms with Gasteiger partial charge in [0.25, 0.3) is 5.69 Å². The highest BCUT2D eigenvalue weighted by Gasteiger charge is 2.28. The van der Waals surface area contributed by atoms with Crippen molar-refractivity contribution >= 4 is 29.1 Å². The van der Waals surface area contributed by atoms with Gasteiger partial charge in [-0.1, -0.05) is 0 Å². The van der Waals surface area contributed by atoms with Gasteiger partial charge in [0.05, 0.1) is 16.7 Å². The summed E-state index contributed by atoms with van der Waals surface area (Å²) in [6.07, 6.45) is 0. The van der Waals surface area contributed by atoms with Crippen LogP contribution in [-0.4, -0.2) is 40.1 Å². The zero-order valence-electron chi connectivity index (χ0n) is 10.7. The van der Waals surface area contributed by atoms with Gasteiger partial charge in [0.2, 0.25) is 0 Å².